The summed E-state index contributed by atoms with van der Waals surface area (Å²) in [6.07, 6.45) is -3.49. The average molecular weight is 261 g/mol. The Labute approximate surface area is 105 Å². The molecule has 0 bridgehead atoms. The summed E-state index contributed by atoms with van der Waals surface area (Å²) in [7, 11) is 0. The van der Waals surface area contributed by atoms with Crippen LogP contribution in [-0.4, -0.2) is 17.6 Å². The molecular formula is C12H18F3N3. The molecule has 0 saturated heterocycles. The fourth-order valence-electron chi connectivity index (χ4n) is 1.52. The molecule has 1 atom stereocenters. The Morgan fingerprint density at radius 3 is 2.39 bits per heavy atom. The lowest BCUT2D eigenvalue weighted by Crippen LogP contribution is -2.39. The van der Waals surface area contributed by atoms with Gasteiger partial charge in [-0.15, -0.1) is 0 Å². The predicted octanol–water partition coefficient (Wildman–Crippen LogP) is 2.17. The van der Waals surface area contributed by atoms with Gasteiger partial charge in [0.2, 0.25) is 0 Å². The molecule has 0 aromatic carbocycles. The summed E-state index contributed by atoms with van der Waals surface area (Å²) < 4.78 is 37.0. The minimum Gasteiger partial charge on any atom is -0.329 e. The van der Waals surface area contributed by atoms with Crippen LogP contribution in [0.2, 0.25) is 0 Å². The molecule has 1 heterocycles. The van der Waals surface area contributed by atoms with Gasteiger partial charge in [-0.3, -0.25) is 4.98 Å². The van der Waals surface area contributed by atoms with E-state index in [1.807, 2.05) is 13.8 Å². The fraction of sp³-hybridized carbons (Fsp3) is 0.583. The van der Waals surface area contributed by atoms with E-state index in [9.17, 15) is 13.2 Å². The van der Waals surface area contributed by atoms with Crippen LogP contribution >= 0.6 is 0 Å². The number of rotatable bonds is 5. The molecule has 1 unspecified atom stereocenters. The summed E-state index contributed by atoms with van der Waals surface area (Å²) in [5.74, 6) is 0.365. The number of hydrogen-bond donors (Lipinski definition) is 2. The molecule has 102 valence electrons. The normalized spacial score (nSPS) is 13.9. The van der Waals surface area contributed by atoms with E-state index >= 15 is 0 Å². The molecule has 1 aromatic rings. The average Bonchev–Trinajstić information content (AvgIpc) is 2.29. The van der Waals surface area contributed by atoms with Gasteiger partial charge in [0, 0.05) is 25.3 Å². The maximum Gasteiger partial charge on any atom is 0.417 e. The Morgan fingerprint density at radius 1 is 1.33 bits per heavy atom. The summed E-state index contributed by atoms with van der Waals surface area (Å²) in [6, 6.07) is 2.55. The molecule has 0 amide bonds. The first-order chi connectivity index (χ1) is 8.34. The van der Waals surface area contributed by atoms with Gasteiger partial charge in [-0.05, 0) is 18.1 Å². The van der Waals surface area contributed by atoms with E-state index in [2.05, 4.69) is 10.3 Å². The van der Waals surface area contributed by atoms with Gasteiger partial charge < -0.3 is 11.1 Å². The number of nitrogens with one attached hydrogen (secondary N) is 1. The third kappa shape index (κ3) is 4.27. The topological polar surface area (TPSA) is 50.9 Å². The highest BCUT2D eigenvalue weighted by Gasteiger charge is 2.30. The van der Waals surface area contributed by atoms with Gasteiger partial charge in [0.05, 0.1) is 11.3 Å². The molecule has 0 fully saturated rings. The molecular weight excluding hydrogens is 243 g/mol. The maximum atomic E-state index is 12.3. The van der Waals surface area contributed by atoms with E-state index < -0.39 is 11.7 Å². The second-order valence-corrected chi connectivity index (χ2v) is 4.50. The van der Waals surface area contributed by atoms with E-state index in [4.69, 9.17) is 5.73 Å². The van der Waals surface area contributed by atoms with Gasteiger partial charge in [0.1, 0.15) is 0 Å². The Kier molecular flexibility index (Phi) is 5.10. The van der Waals surface area contributed by atoms with E-state index in [0.29, 0.717) is 24.7 Å². The summed E-state index contributed by atoms with van der Waals surface area (Å²) in [4.78, 5) is 3.79. The van der Waals surface area contributed by atoms with Crippen LogP contribution in [-0.2, 0) is 12.7 Å². The van der Waals surface area contributed by atoms with Gasteiger partial charge in [-0.2, -0.15) is 13.2 Å². The highest BCUT2D eigenvalue weighted by atomic mass is 19.4. The highest BCUT2D eigenvalue weighted by molar-refractivity contribution is 5.16. The quantitative estimate of drug-likeness (QED) is 0.854. The molecule has 0 aliphatic rings. The molecule has 6 heteroatoms. The highest BCUT2D eigenvalue weighted by Crippen LogP contribution is 2.28. The van der Waals surface area contributed by atoms with Crippen LogP contribution in [0.3, 0.4) is 0 Å². The number of hydrogen-bond acceptors (Lipinski definition) is 3. The van der Waals surface area contributed by atoms with Crippen molar-refractivity contribution in [1.29, 1.82) is 0 Å². The first kappa shape index (κ1) is 14.9. The summed E-state index contributed by atoms with van der Waals surface area (Å²) in [5, 5.41) is 3.17. The Bertz CT molecular complexity index is 360. The third-order valence-electron chi connectivity index (χ3n) is 2.76. The number of aromatic nitrogens is 1. The third-order valence-corrected chi connectivity index (χ3v) is 2.76. The van der Waals surface area contributed by atoms with Gasteiger partial charge in [-0.1, -0.05) is 13.8 Å². The molecule has 1 rings (SSSR count). The van der Waals surface area contributed by atoms with Crippen molar-refractivity contribution in [3.8, 4) is 0 Å². The maximum absolute atomic E-state index is 12.3. The SMILES string of the molecule is CC(C)C(CN)NCc1ccc(C(F)(F)F)cn1. The van der Waals surface area contributed by atoms with Gasteiger partial charge in [-0.25, -0.2) is 0 Å². The molecule has 18 heavy (non-hydrogen) atoms. The number of nitrogens with zero attached hydrogens (tertiary/aromatic N) is 1. The van der Waals surface area contributed by atoms with Gasteiger partial charge in [0.25, 0.3) is 0 Å². The van der Waals surface area contributed by atoms with Crippen molar-refractivity contribution in [2.24, 2.45) is 11.7 Å². The fourth-order valence-corrected chi connectivity index (χ4v) is 1.52. The Morgan fingerprint density at radius 2 is 2.00 bits per heavy atom. The van der Waals surface area contributed by atoms with Crippen LogP contribution in [0.25, 0.3) is 0 Å². The smallest absolute Gasteiger partial charge is 0.329 e. The van der Waals surface area contributed by atoms with Crippen molar-refractivity contribution in [1.82, 2.24) is 10.3 Å². The van der Waals surface area contributed by atoms with E-state index in [0.717, 1.165) is 12.3 Å². The lowest BCUT2D eigenvalue weighted by molar-refractivity contribution is -0.137. The molecule has 0 aliphatic carbocycles. The lowest BCUT2D eigenvalue weighted by Gasteiger charge is -2.20. The molecule has 1 aromatic heterocycles. The monoisotopic (exact) mass is 261 g/mol. The van der Waals surface area contributed by atoms with Crippen LogP contribution in [0.15, 0.2) is 18.3 Å². The minimum absolute atomic E-state index is 0.133. The number of alkyl halides is 3. The van der Waals surface area contributed by atoms with Crippen molar-refractivity contribution >= 4 is 0 Å². The molecule has 0 radical (unpaired) electrons. The molecule has 0 aliphatic heterocycles. The van der Waals surface area contributed by atoms with Gasteiger partial charge >= 0.3 is 6.18 Å². The van der Waals surface area contributed by atoms with Crippen molar-refractivity contribution in [2.45, 2.75) is 32.6 Å². The largest absolute Gasteiger partial charge is 0.417 e. The second-order valence-electron chi connectivity index (χ2n) is 4.50. The summed E-state index contributed by atoms with van der Waals surface area (Å²) in [5.41, 5.74) is 5.43. The molecule has 3 nitrogen and oxygen atoms in total. The zero-order valence-electron chi connectivity index (χ0n) is 10.5. The zero-order valence-corrected chi connectivity index (χ0v) is 10.5. The number of halogens is 3. The van der Waals surface area contributed by atoms with E-state index in [-0.39, 0.29) is 6.04 Å². The number of pyridine rings is 1. The van der Waals surface area contributed by atoms with Crippen molar-refractivity contribution in [3.05, 3.63) is 29.6 Å². The van der Waals surface area contributed by atoms with Crippen LogP contribution in [0, 0.1) is 5.92 Å². The Balaban J connectivity index is 2.59. The molecule has 0 spiro atoms. The van der Waals surface area contributed by atoms with Crippen LogP contribution < -0.4 is 11.1 Å². The lowest BCUT2D eigenvalue weighted by atomic mass is 10.0. The predicted molar refractivity (Wildman–Crippen MR) is 63.8 cm³/mol. The van der Waals surface area contributed by atoms with Crippen molar-refractivity contribution in [3.63, 3.8) is 0 Å². The standard InChI is InChI=1S/C12H18F3N3/c1-8(2)11(5-16)18-7-10-4-3-9(6-17-10)12(13,14)15/h3-4,6,8,11,18H,5,7,16H2,1-2H3. The van der Waals surface area contributed by atoms with E-state index in [1.165, 1.54) is 6.07 Å². The van der Waals surface area contributed by atoms with Crippen LogP contribution in [0.4, 0.5) is 13.2 Å². The summed E-state index contributed by atoms with van der Waals surface area (Å²) >= 11 is 0. The zero-order chi connectivity index (χ0) is 13.8. The van der Waals surface area contributed by atoms with Crippen molar-refractivity contribution < 1.29 is 13.2 Å². The molecule has 3 N–H and O–H groups in total. The number of nitrogens with two attached hydrogens (primary N) is 1. The second kappa shape index (κ2) is 6.15. The molecule has 0 saturated carbocycles. The Hall–Kier alpha value is -1.14. The first-order valence-electron chi connectivity index (χ1n) is 5.80. The van der Waals surface area contributed by atoms with Crippen LogP contribution in [0.5, 0.6) is 0 Å². The first-order valence-corrected chi connectivity index (χ1v) is 5.80. The van der Waals surface area contributed by atoms with Gasteiger partial charge in [0.15, 0.2) is 0 Å². The van der Waals surface area contributed by atoms with E-state index in [1.54, 1.807) is 0 Å². The summed E-state index contributed by atoms with van der Waals surface area (Å²) in [6.45, 7) is 4.96. The van der Waals surface area contributed by atoms with Crippen LogP contribution in [0.1, 0.15) is 25.1 Å². The van der Waals surface area contributed by atoms with Crippen molar-refractivity contribution in [2.75, 3.05) is 6.54 Å². The minimum atomic E-state index is -4.34.